The standard InChI is InChI=1S/C21H23N3O2S2/c1-25-14-5-7-15(8-6-14)27-20-19-16-3-2-4-17(16)28-21(19)23-18(22-20)13-24-9-11-26-12-10-24/h5-8H,2-4,9-13H2,1H3. The molecule has 1 fully saturated rings. The van der Waals surface area contributed by atoms with Gasteiger partial charge in [0.15, 0.2) is 0 Å². The van der Waals surface area contributed by atoms with Crippen molar-refractivity contribution in [1.82, 2.24) is 14.9 Å². The summed E-state index contributed by atoms with van der Waals surface area (Å²) < 4.78 is 10.8. The van der Waals surface area contributed by atoms with E-state index in [4.69, 9.17) is 19.4 Å². The summed E-state index contributed by atoms with van der Waals surface area (Å²) >= 11 is 3.61. The smallest absolute Gasteiger partial charge is 0.145 e. The van der Waals surface area contributed by atoms with Crippen LogP contribution in [0.4, 0.5) is 0 Å². The first-order valence-corrected chi connectivity index (χ1v) is 11.4. The maximum Gasteiger partial charge on any atom is 0.145 e. The molecule has 0 N–H and O–H groups in total. The monoisotopic (exact) mass is 413 g/mol. The van der Waals surface area contributed by atoms with Crippen molar-refractivity contribution in [1.29, 1.82) is 0 Å². The van der Waals surface area contributed by atoms with Gasteiger partial charge in [-0.2, -0.15) is 0 Å². The Labute approximate surface area is 173 Å². The Morgan fingerprint density at radius 2 is 1.96 bits per heavy atom. The van der Waals surface area contributed by atoms with Gasteiger partial charge in [0.1, 0.15) is 21.4 Å². The van der Waals surface area contributed by atoms with E-state index < -0.39 is 0 Å². The summed E-state index contributed by atoms with van der Waals surface area (Å²) in [6.07, 6.45) is 3.58. The summed E-state index contributed by atoms with van der Waals surface area (Å²) in [7, 11) is 1.70. The molecule has 0 amide bonds. The molecule has 3 aromatic rings. The maximum absolute atomic E-state index is 5.48. The van der Waals surface area contributed by atoms with Crippen LogP contribution in [0.5, 0.6) is 5.75 Å². The molecule has 1 aromatic carbocycles. The van der Waals surface area contributed by atoms with Crippen LogP contribution < -0.4 is 4.74 Å². The fraction of sp³-hybridized carbons (Fsp3) is 0.429. The fourth-order valence-corrected chi connectivity index (χ4v) is 6.18. The summed E-state index contributed by atoms with van der Waals surface area (Å²) in [5.41, 5.74) is 1.48. The quantitative estimate of drug-likeness (QED) is 0.585. The molecule has 7 heteroatoms. The molecule has 1 aliphatic heterocycles. The van der Waals surface area contributed by atoms with E-state index in [9.17, 15) is 0 Å². The summed E-state index contributed by atoms with van der Waals surface area (Å²) in [5, 5.41) is 2.38. The van der Waals surface area contributed by atoms with Crippen molar-refractivity contribution in [3.63, 3.8) is 0 Å². The van der Waals surface area contributed by atoms with Gasteiger partial charge in [-0.25, -0.2) is 9.97 Å². The minimum atomic E-state index is 0.790. The fourth-order valence-electron chi connectivity index (χ4n) is 3.86. The van der Waals surface area contributed by atoms with Gasteiger partial charge in [0.25, 0.3) is 0 Å². The number of hydrogen-bond acceptors (Lipinski definition) is 7. The van der Waals surface area contributed by atoms with Gasteiger partial charge in [-0.15, -0.1) is 11.3 Å². The minimum absolute atomic E-state index is 0.790. The van der Waals surface area contributed by atoms with Crippen molar-refractivity contribution in [2.24, 2.45) is 0 Å². The lowest BCUT2D eigenvalue weighted by Crippen LogP contribution is -2.36. The largest absolute Gasteiger partial charge is 0.497 e. The first-order chi connectivity index (χ1) is 13.8. The Balaban J connectivity index is 1.51. The van der Waals surface area contributed by atoms with Gasteiger partial charge in [-0.05, 0) is 49.1 Å². The number of fused-ring (bicyclic) bond motifs is 3. The zero-order valence-electron chi connectivity index (χ0n) is 15.9. The molecular weight excluding hydrogens is 390 g/mol. The summed E-state index contributed by atoms with van der Waals surface area (Å²) in [4.78, 5) is 16.2. The number of methoxy groups -OCH3 is 1. The van der Waals surface area contributed by atoms with Crippen LogP contribution >= 0.6 is 23.1 Å². The first-order valence-electron chi connectivity index (χ1n) is 9.73. The van der Waals surface area contributed by atoms with Gasteiger partial charge in [0.2, 0.25) is 0 Å². The van der Waals surface area contributed by atoms with Crippen LogP contribution in [0.15, 0.2) is 34.2 Å². The zero-order valence-corrected chi connectivity index (χ0v) is 17.6. The van der Waals surface area contributed by atoms with Crippen molar-refractivity contribution < 1.29 is 9.47 Å². The molecule has 2 aliphatic rings. The average molecular weight is 414 g/mol. The van der Waals surface area contributed by atoms with Gasteiger partial charge >= 0.3 is 0 Å². The first kappa shape index (κ1) is 18.4. The van der Waals surface area contributed by atoms with E-state index in [1.807, 2.05) is 23.5 Å². The van der Waals surface area contributed by atoms with Gasteiger partial charge in [0, 0.05) is 28.2 Å². The molecule has 0 unspecified atom stereocenters. The maximum atomic E-state index is 5.48. The highest BCUT2D eigenvalue weighted by molar-refractivity contribution is 7.99. The van der Waals surface area contributed by atoms with E-state index >= 15 is 0 Å². The number of rotatable bonds is 5. The number of hydrogen-bond donors (Lipinski definition) is 0. The molecule has 0 bridgehead atoms. The van der Waals surface area contributed by atoms with Gasteiger partial charge in [-0.1, -0.05) is 11.8 Å². The molecule has 1 aliphatic carbocycles. The molecule has 5 nitrogen and oxygen atoms in total. The molecule has 2 aromatic heterocycles. The molecule has 0 atom stereocenters. The number of morpholine rings is 1. The molecule has 0 saturated carbocycles. The Kier molecular flexibility index (Phi) is 5.24. The van der Waals surface area contributed by atoms with Crippen LogP contribution in [0.3, 0.4) is 0 Å². The van der Waals surface area contributed by atoms with Crippen LogP contribution in [0.2, 0.25) is 0 Å². The van der Waals surface area contributed by atoms with Crippen molar-refractivity contribution in [3.05, 3.63) is 40.5 Å². The van der Waals surface area contributed by atoms with Crippen LogP contribution in [-0.4, -0.2) is 48.3 Å². The van der Waals surface area contributed by atoms with E-state index in [0.29, 0.717) is 0 Å². The van der Waals surface area contributed by atoms with Crippen LogP contribution in [0, 0.1) is 0 Å². The number of aryl methyl sites for hydroxylation is 2. The van der Waals surface area contributed by atoms with E-state index in [1.165, 1.54) is 33.6 Å². The second-order valence-electron chi connectivity index (χ2n) is 7.15. The summed E-state index contributed by atoms with van der Waals surface area (Å²) in [6.45, 7) is 4.27. The number of benzene rings is 1. The highest BCUT2D eigenvalue weighted by Gasteiger charge is 2.23. The lowest BCUT2D eigenvalue weighted by atomic mass is 10.2. The third kappa shape index (κ3) is 3.64. The lowest BCUT2D eigenvalue weighted by Gasteiger charge is -2.25. The Hall–Kier alpha value is -1.67. The number of aromatic nitrogens is 2. The average Bonchev–Trinajstić information content (AvgIpc) is 3.30. The molecule has 146 valence electrons. The number of thiophene rings is 1. The topological polar surface area (TPSA) is 47.5 Å². The van der Waals surface area contributed by atoms with Crippen LogP contribution in [-0.2, 0) is 24.1 Å². The number of nitrogens with zero attached hydrogens (tertiary/aromatic N) is 3. The SMILES string of the molecule is COc1ccc(Sc2nc(CN3CCOCC3)nc3sc4c(c23)CCC4)cc1. The van der Waals surface area contributed by atoms with Crippen molar-refractivity contribution in [2.45, 2.75) is 35.7 Å². The zero-order chi connectivity index (χ0) is 18.9. The summed E-state index contributed by atoms with van der Waals surface area (Å²) in [6, 6.07) is 8.22. The second kappa shape index (κ2) is 7.99. The van der Waals surface area contributed by atoms with E-state index in [1.54, 1.807) is 18.9 Å². The predicted octanol–water partition coefficient (Wildman–Crippen LogP) is 4.17. The van der Waals surface area contributed by atoms with Crippen molar-refractivity contribution in [3.8, 4) is 5.75 Å². The third-order valence-electron chi connectivity index (χ3n) is 5.32. The lowest BCUT2D eigenvalue weighted by molar-refractivity contribution is 0.0330. The van der Waals surface area contributed by atoms with E-state index in [-0.39, 0.29) is 0 Å². The van der Waals surface area contributed by atoms with E-state index in [2.05, 4.69) is 17.0 Å². The van der Waals surface area contributed by atoms with Gasteiger partial charge in [-0.3, -0.25) is 4.90 Å². The van der Waals surface area contributed by atoms with Crippen LogP contribution in [0.1, 0.15) is 22.7 Å². The Morgan fingerprint density at radius 3 is 2.75 bits per heavy atom. The van der Waals surface area contributed by atoms with E-state index in [0.717, 1.165) is 60.7 Å². The Morgan fingerprint density at radius 1 is 1.14 bits per heavy atom. The van der Waals surface area contributed by atoms with Crippen molar-refractivity contribution >= 4 is 33.3 Å². The highest BCUT2D eigenvalue weighted by Crippen LogP contribution is 2.42. The molecule has 5 rings (SSSR count). The highest BCUT2D eigenvalue weighted by atomic mass is 32.2. The minimum Gasteiger partial charge on any atom is -0.497 e. The number of ether oxygens (including phenoxy) is 2. The summed E-state index contributed by atoms with van der Waals surface area (Å²) in [5.74, 6) is 1.80. The molecule has 1 saturated heterocycles. The molecule has 0 radical (unpaired) electrons. The molecular formula is C21H23N3O2S2. The van der Waals surface area contributed by atoms with Crippen LogP contribution in [0.25, 0.3) is 10.2 Å². The third-order valence-corrected chi connectivity index (χ3v) is 7.50. The normalized spacial score (nSPS) is 17.2. The van der Waals surface area contributed by atoms with Crippen molar-refractivity contribution in [2.75, 3.05) is 33.4 Å². The Bertz CT molecular complexity index is 981. The predicted molar refractivity (Wildman–Crippen MR) is 113 cm³/mol. The second-order valence-corrected chi connectivity index (χ2v) is 9.29. The molecule has 3 heterocycles. The molecule has 28 heavy (non-hydrogen) atoms. The van der Waals surface area contributed by atoms with Gasteiger partial charge in [0.05, 0.1) is 26.9 Å². The van der Waals surface area contributed by atoms with Gasteiger partial charge < -0.3 is 9.47 Å². The molecule has 0 spiro atoms.